The molecular formula is C11H12N4O. The van der Waals surface area contributed by atoms with Gasteiger partial charge in [0.1, 0.15) is 12.4 Å². The van der Waals surface area contributed by atoms with Crippen molar-refractivity contribution in [1.29, 1.82) is 0 Å². The Bertz CT molecular complexity index is 478. The third kappa shape index (κ3) is 2.44. The van der Waals surface area contributed by atoms with E-state index in [1.807, 2.05) is 18.2 Å². The molecule has 2 aromatic heterocycles. The summed E-state index contributed by atoms with van der Waals surface area (Å²) in [4.78, 5) is 19.2. The van der Waals surface area contributed by atoms with Crippen LogP contribution in [0.25, 0.3) is 0 Å². The molecule has 0 unspecified atom stereocenters. The van der Waals surface area contributed by atoms with E-state index in [2.05, 4.69) is 9.97 Å². The van der Waals surface area contributed by atoms with E-state index in [1.165, 1.54) is 0 Å². The van der Waals surface area contributed by atoms with E-state index in [4.69, 9.17) is 5.73 Å². The first-order valence-corrected chi connectivity index (χ1v) is 4.94. The minimum absolute atomic E-state index is 0.155. The number of carbonyl (C=O) groups is 1. The zero-order valence-corrected chi connectivity index (χ0v) is 8.71. The zero-order valence-electron chi connectivity index (χ0n) is 8.71. The number of pyridine rings is 1. The quantitative estimate of drug-likeness (QED) is 0.801. The topological polar surface area (TPSA) is 73.8 Å². The van der Waals surface area contributed by atoms with Crippen molar-refractivity contribution in [1.82, 2.24) is 14.5 Å². The van der Waals surface area contributed by atoms with Crippen LogP contribution in [0.15, 0.2) is 36.8 Å². The molecule has 0 aromatic carbocycles. The van der Waals surface area contributed by atoms with E-state index in [0.29, 0.717) is 6.42 Å². The number of imidazole rings is 1. The van der Waals surface area contributed by atoms with Crippen LogP contribution in [0.3, 0.4) is 0 Å². The first kappa shape index (κ1) is 10.4. The largest absolute Gasteiger partial charge is 0.368 e. The summed E-state index contributed by atoms with van der Waals surface area (Å²) in [5.41, 5.74) is 6.06. The predicted molar refractivity (Wildman–Crippen MR) is 58.5 cm³/mol. The van der Waals surface area contributed by atoms with Gasteiger partial charge in [0.15, 0.2) is 0 Å². The number of amides is 1. The lowest BCUT2D eigenvalue weighted by atomic mass is 10.2. The third-order valence-electron chi connectivity index (χ3n) is 2.19. The van der Waals surface area contributed by atoms with Crippen molar-refractivity contribution in [2.45, 2.75) is 13.0 Å². The monoisotopic (exact) mass is 216 g/mol. The molecule has 2 N–H and O–H groups in total. The van der Waals surface area contributed by atoms with Crippen molar-refractivity contribution in [3.63, 3.8) is 0 Å². The highest BCUT2D eigenvalue weighted by Gasteiger charge is 2.06. The van der Waals surface area contributed by atoms with Crippen LogP contribution in [0.4, 0.5) is 0 Å². The number of nitrogens with two attached hydrogens (primary N) is 1. The molecule has 16 heavy (non-hydrogen) atoms. The Labute approximate surface area is 92.9 Å². The summed E-state index contributed by atoms with van der Waals surface area (Å²) in [5.74, 6) is 0.415. The second kappa shape index (κ2) is 4.57. The van der Waals surface area contributed by atoms with Crippen LogP contribution in [0, 0.1) is 0 Å². The van der Waals surface area contributed by atoms with Gasteiger partial charge in [0, 0.05) is 30.7 Å². The molecule has 0 fully saturated rings. The molecule has 1 amide bonds. The summed E-state index contributed by atoms with van der Waals surface area (Å²) in [6.07, 6.45) is 5.72. The molecular weight excluding hydrogens is 204 g/mol. The molecule has 2 aromatic rings. The fourth-order valence-electron chi connectivity index (χ4n) is 1.48. The van der Waals surface area contributed by atoms with Crippen LogP contribution < -0.4 is 5.73 Å². The van der Waals surface area contributed by atoms with Crippen molar-refractivity contribution in [3.05, 3.63) is 48.3 Å². The highest BCUT2D eigenvalue weighted by atomic mass is 16.1. The van der Waals surface area contributed by atoms with E-state index >= 15 is 0 Å². The van der Waals surface area contributed by atoms with E-state index < -0.39 is 0 Å². The van der Waals surface area contributed by atoms with Gasteiger partial charge < -0.3 is 10.3 Å². The number of nitrogens with zero attached hydrogens (tertiary/aromatic N) is 3. The van der Waals surface area contributed by atoms with E-state index in [-0.39, 0.29) is 12.5 Å². The lowest BCUT2D eigenvalue weighted by Gasteiger charge is -2.04. The molecule has 5 heteroatoms. The molecule has 0 bridgehead atoms. The molecule has 0 aliphatic heterocycles. The fourth-order valence-corrected chi connectivity index (χ4v) is 1.48. The van der Waals surface area contributed by atoms with Crippen molar-refractivity contribution < 1.29 is 4.79 Å². The Morgan fingerprint density at radius 3 is 2.88 bits per heavy atom. The Kier molecular flexibility index (Phi) is 2.95. The maximum Gasteiger partial charge on any atom is 0.237 e. The van der Waals surface area contributed by atoms with Crippen molar-refractivity contribution in [2.75, 3.05) is 0 Å². The van der Waals surface area contributed by atoms with Gasteiger partial charge in [-0.05, 0) is 12.1 Å². The predicted octanol–water partition coefficient (Wildman–Crippen LogP) is 0.354. The second-order valence-electron chi connectivity index (χ2n) is 3.44. The molecule has 2 heterocycles. The average Bonchev–Trinajstić information content (AvgIpc) is 2.66. The Hall–Kier alpha value is -2.17. The van der Waals surface area contributed by atoms with Gasteiger partial charge in [-0.15, -0.1) is 0 Å². The molecule has 2 rings (SSSR count). The Morgan fingerprint density at radius 2 is 2.19 bits per heavy atom. The van der Waals surface area contributed by atoms with Gasteiger partial charge in [-0.2, -0.15) is 0 Å². The van der Waals surface area contributed by atoms with Crippen molar-refractivity contribution >= 4 is 5.91 Å². The molecule has 0 spiro atoms. The molecule has 0 aliphatic rings. The van der Waals surface area contributed by atoms with Gasteiger partial charge in [-0.3, -0.25) is 9.78 Å². The first-order chi connectivity index (χ1) is 7.75. The van der Waals surface area contributed by atoms with Crippen LogP contribution >= 0.6 is 0 Å². The number of carbonyl (C=O) groups excluding carboxylic acids is 1. The summed E-state index contributed by atoms with van der Waals surface area (Å²) in [6, 6.07) is 5.70. The molecule has 82 valence electrons. The lowest BCUT2D eigenvalue weighted by Crippen LogP contribution is -2.19. The van der Waals surface area contributed by atoms with Crippen LogP contribution in [-0.4, -0.2) is 20.4 Å². The van der Waals surface area contributed by atoms with Crippen molar-refractivity contribution in [2.24, 2.45) is 5.73 Å². The minimum Gasteiger partial charge on any atom is -0.368 e. The molecule has 0 atom stereocenters. The summed E-state index contributed by atoms with van der Waals surface area (Å²) < 4.78 is 1.73. The number of hydrogen-bond acceptors (Lipinski definition) is 3. The van der Waals surface area contributed by atoms with Crippen LogP contribution in [0.2, 0.25) is 0 Å². The maximum absolute atomic E-state index is 10.8. The molecule has 5 nitrogen and oxygen atoms in total. The summed E-state index contributed by atoms with van der Waals surface area (Å²) in [6.45, 7) is 0.155. The maximum atomic E-state index is 10.8. The lowest BCUT2D eigenvalue weighted by molar-refractivity contribution is -0.118. The summed E-state index contributed by atoms with van der Waals surface area (Å²) in [5, 5.41) is 0. The third-order valence-corrected chi connectivity index (χ3v) is 2.19. The number of rotatable bonds is 4. The standard InChI is InChI=1S/C11H12N4O/c12-10(16)8-15-6-5-14-11(15)7-9-3-1-2-4-13-9/h1-6H,7-8H2,(H2,12,16). The summed E-state index contributed by atoms with van der Waals surface area (Å²) >= 11 is 0. The second-order valence-corrected chi connectivity index (χ2v) is 3.44. The average molecular weight is 216 g/mol. The molecule has 0 saturated carbocycles. The normalized spacial score (nSPS) is 10.2. The molecule has 0 aliphatic carbocycles. The highest BCUT2D eigenvalue weighted by Crippen LogP contribution is 2.04. The number of aromatic nitrogens is 3. The van der Waals surface area contributed by atoms with E-state index in [0.717, 1.165) is 11.5 Å². The van der Waals surface area contributed by atoms with Crippen LogP contribution in [0.5, 0.6) is 0 Å². The fraction of sp³-hybridized carbons (Fsp3) is 0.182. The van der Waals surface area contributed by atoms with Gasteiger partial charge in [-0.1, -0.05) is 6.07 Å². The summed E-state index contributed by atoms with van der Waals surface area (Å²) in [7, 11) is 0. The molecule has 0 radical (unpaired) electrons. The van der Waals surface area contributed by atoms with Gasteiger partial charge in [-0.25, -0.2) is 4.98 Å². The van der Waals surface area contributed by atoms with E-state index in [1.54, 1.807) is 23.2 Å². The van der Waals surface area contributed by atoms with Gasteiger partial charge in [0.05, 0.1) is 0 Å². The Balaban J connectivity index is 2.16. The Morgan fingerprint density at radius 1 is 1.31 bits per heavy atom. The van der Waals surface area contributed by atoms with Gasteiger partial charge in [0.2, 0.25) is 5.91 Å². The SMILES string of the molecule is NC(=O)Cn1ccnc1Cc1ccccn1. The van der Waals surface area contributed by atoms with Gasteiger partial charge >= 0.3 is 0 Å². The minimum atomic E-state index is -0.375. The van der Waals surface area contributed by atoms with Crippen LogP contribution in [-0.2, 0) is 17.8 Å². The van der Waals surface area contributed by atoms with Gasteiger partial charge in [0.25, 0.3) is 0 Å². The highest BCUT2D eigenvalue weighted by molar-refractivity contribution is 5.73. The zero-order chi connectivity index (χ0) is 11.4. The first-order valence-electron chi connectivity index (χ1n) is 4.94. The van der Waals surface area contributed by atoms with Crippen molar-refractivity contribution in [3.8, 4) is 0 Å². The number of primary amides is 1. The number of hydrogen-bond donors (Lipinski definition) is 1. The smallest absolute Gasteiger partial charge is 0.237 e. The van der Waals surface area contributed by atoms with Crippen LogP contribution in [0.1, 0.15) is 11.5 Å². The van der Waals surface area contributed by atoms with E-state index in [9.17, 15) is 4.79 Å². The molecule has 0 saturated heterocycles.